The fourth-order valence-corrected chi connectivity index (χ4v) is 3.90. The molecule has 0 aliphatic carbocycles. The van der Waals surface area contributed by atoms with Crippen LogP contribution < -0.4 is 4.90 Å². The molecule has 2 aliphatic heterocycles. The lowest BCUT2D eigenvalue weighted by molar-refractivity contribution is -0.142. The van der Waals surface area contributed by atoms with Crippen LogP contribution in [-0.2, 0) is 16.0 Å². The maximum atomic E-state index is 13.0. The van der Waals surface area contributed by atoms with E-state index in [1.54, 1.807) is 0 Å². The second-order valence-electron chi connectivity index (χ2n) is 6.94. The lowest BCUT2D eigenvalue weighted by atomic mass is 9.99. The molecule has 3 rings (SSSR count). The van der Waals surface area contributed by atoms with Crippen molar-refractivity contribution in [2.75, 3.05) is 18.0 Å². The van der Waals surface area contributed by atoms with Crippen LogP contribution in [0.5, 0.6) is 0 Å². The van der Waals surface area contributed by atoms with Gasteiger partial charge in [-0.3, -0.25) is 14.5 Å². The Hall–Kier alpha value is -1.88. The topological polar surface area (TPSA) is 60.9 Å². The number of benzene rings is 1. The summed E-state index contributed by atoms with van der Waals surface area (Å²) in [5.74, 6) is -1.00. The number of hydrogen-bond acceptors (Lipinski definition) is 3. The zero-order valence-corrected chi connectivity index (χ0v) is 13.9. The van der Waals surface area contributed by atoms with Gasteiger partial charge in [-0.1, -0.05) is 25.1 Å². The number of carboxylic acids is 1. The molecule has 1 fully saturated rings. The van der Waals surface area contributed by atoms with Gasteiger partial charge >= 0.3 is 5.97 Å². The molecule has 0 aromatic heterocycles. The third kappa shape index (κ3) is 2.74. The van der Waals surface area contributed by atoms with E-state index >= 15 is 0 Å². The van der Waals surface area contributed by atoms with E-state index in [4.69, 9.17) is 0 Å². The zero-order chi connectivity index (χ0) is 16.7. The largest absolute Gasteiger partial charge is 0.481 e. The van der Waals surface area contributed by atoms with Crippen LogP contribution in [0.25, 0.3) is 0 Å². The summed E-state index contributed by atoms with van der Waals surface area (Å²) < 4.78 is 0. The van der Waals surface area contributed by atoms with Gasteiger partial charge in [0.2, 0.25) is 5.91 Å². The van der Waals surface area contributed by atoms with E-state index in [-0.39, 0.29) is 29.8 Å². The standard InChI is InChI=1S/C18H24N2O3/c1-11-9-19(10-15(11)18(22)23)13(3)17(21)20-12(2)8-14-6-4-5-7-16(14)20/h4-7,11-13,15H,8-10H2,1-3H3,(H,22,23)/t11-,12?,13?,15-/m1/s1. The van der Waals surface area contributed by atoms with Crippen molar-refractivity contribution in [3.63, 3.8) is 0 Å². The molecule has 0 radical (unpaired) electrons. The second-order valence-corrected chi connectivity index (χ2v) is 6.94. The number of amides is 1. The fourth-order valence-electron chi connectivity index (χ4n) is 3.90. The molecule has 4 atom stereocenters. The van der Waals surface area contributed by atoms with Crippen LogP contribution in [0.1, 0.15) is 26.3 Å². The minimum atomic E-state index is -0.764. The van der Waals surface area contributed by atoms with Crippen LogP contribution in [0.4, 0.5) is 5.69 Å². The quantitative estimate of drug-likeness (QED) is 0.926. The maximum absolute atomic E-state index is 13.0. The fraction of sp³-hybridized carbons (Fsp3) is 0.556. The summed E-state index contributed by atoms with van der Waals surface area (Å²) in [6, 6.07) is 7.88. The van der Waals surface area contributed by atoms with E-state index < -0.39 is 5.97 Å². The first kappa shape index (κ1) is 16.0. The summed E-state index contributed by atoms with van der Waals surface area (Å²) in [5.41, 5.74) is 2.21. The zero-order valence-electron chi connectivity index (χ0n) is 13.9. The summed E-state index contributed by atoms with van der Waals surface area (Å²) in [7, 11) is 0. The molecule has 0 spiro atoms. The molecule has 2 heterocycles. The van der Waals surface area contributed by atoms with Crippen molar-refractivity contribution >= 4 is 17.6 Å². The summed E-state index contributed by atoms with van der Waals surface area (Å²) in [6.45, 7) is 7.02. The van der Waals surface area contributed by atoms with Gasteiger partial charge in [0, 0.05) is 24.8 Å². The third-order valence-corrected chi connectivity index (χ3v) is 5.31. The van der Waals surface area contributed by atoms with E-state index in [1.165, 1.54) is 5.56 Å². The number of likely N-dealkylation sites (tertiary alicyclic amines) is 1. The molecule has 1 saturated heterocycles. The summed E-state index contributed by atoms with van der Waals surface area (Å²) >= 11 is 0. The van der Waals surface area contributed by atoms with E-state index in [1.807, 2.05) is 41.8 Å². The van der Waals surface area contributed by atoms with Crippen LogP contribution in [0.3, 0.4) is 0 Å². The number of rotatable bonds is 3. The Morgan fingerprint density at radius 1 is 1.22 bits per heavy atom. The van der Waals surface area contributed by atoms with Gasteiger partial charge in [0.1, 0.15) is 0 Å². The molecule has 1 N–H and O–H groups in total. The number of aliphatic carboxylic acids is 1. The van der Waals surface area contributed by atoms with Crippen LogP contribution in [0.15, 0.2) is 24.3 Å². The number of hydrogen-bond donors (Lipinski definition) is 1. The van der Waals surface area contributed by atoms with Gasteiger partial charge in [-0.25, -0.2) is 0 Å². The SMILES string of the molecule is CC(C(=O)N1c2ccccc2CC1C)N1C[C@@H](C)[C@H](C(=O)O)C1. The minimum Gasteiger partial charge on any atom is -0.481 e. The molecule has 2 unspecified atom stereocenters. The highest BCUT2D eigenvalue weighted by atomic mass is 16.4. The average molecular weight is 316 g/mol. The van der Waals surface area contributed by atoms with Crippen molar-refractivity contribution in [3.8, 4) is 0 Å². The van der Waals surface area contributed by atoms with Gasteiger partial charge in [0.25, 0.3) is 0 Å². The Labute approximate surface area is 136 Å². The molecule has 1 aromatic carbocycles. The number of anilines is 1. The number of carboxylic acid groups (broad SMARTS) is 1. The Bertz CT molecular complexity index is 630. The molecule has 2 aliphatic rings. The van der Waals surface area contributed by atoms with Crippen molar-refractivity contribution in [1.82, 2.24) is 4.90 Å². The van der Waals surface area contributed by atoms with E-state index in [2.05, 4.69) is 13.0 Å². The van der Waals surface area contributed by atoms with Crippen molar-refractivity contribution in [1.29, 1.82) is 0 Å². The second kappa shape index (κ2) is 5.96. The minimum absolute atomic E-state index is 0.0701. The van der Waals surface area contributed by atoms with E-state index in [9.17, 15) is 14.7 Å². The molecule has 0 saturated carbocycles. The first-order valence-corrected chi connectivity index (χ1v) is 8.28. The molecular weight excluding hydrogens is 292 g/mol. The van der Waals surface area contributed by atoms with Crippen LogP contribution in [-0.4, -0.2) is 47.1 Å². The highest BCUT2D eigenvalue weighted by Gasteiger charge is 2.41. The normalized spacial score (nSPS) is 28.7. The Morgan fingerprint density at radius 3 is 2.57 bits per heavy atom. The van der Waals surface area contributed by atoms with E-state index in [0.29, 0.717) is 13.1 Å². The van der Waals surface area contributed by atoms with Crippen LogP contribution in [0.2, 0.25) is 0 Å². The molecule has 5 heteroatoms. The number of para-hydroxylation sites is 1. The first-order chi connectivity index (χ1) is 10.9. The highest BCUT2D eigenvalue weighted by molar-refractivity contribution is 5.99. The summed E-state index contributed by atoms with van der Waals surface area (Å²) in [5, 5.41) is 9.28. The molecule has 5 nitrogen and oxygen atoms in total. The lowest BCUT2D eigenvalue weighted by Crippen LogP contribution is -2.48. The lowest BCUT2D eigenvalue weighted by Gasteiger charge is -2.30. The number of carbonyl (C=O) groups is 2. The summed E-state index contributed by atoms with van der Waals surface area (Å²) in [6.07, 6.45) is 0.878. The van der Waals surface area contributed by atoms with Crippen LogP contribution >= 0.6 is 0 Å². The average Bonchev–Trinajstić information content (AvgIpc) is 3.05. The van der Waals surface area contributed by atoms with Gasteiger partial charge in [-0.05, 0) is 37.8 Å². The molecule has 124 valence electrons. The molecule has 1 amide bonds. The highest BCUT2D eigenvalue weighted by Crippen LogP contribution is 2.33. The van der Waals surface area contributed by atoms with Gasteiger partial charge in [-0.2, -0.15) is 0 Å². The van der Waals surface area contributed by atoms with Crippen molar-refractivity contribution in [3.05, 3.63) is 29.8 Å². The molecular formula is C18H24N2O3. The predicted octanol–water partition coefficient (Wildman–Crippen LogP) is 2.01. The van der Waals surface area contributed by atoms with Gasteiger partial charge in [0.15, 0.2) is 0 Å². The number of nitrogens with zero attached hydrogens (tertiary/aromatic N) is 2. The van der Waals surface area contributed by atoms with Crippen molar-refractivity contribution in [2.45, 2.75) is 39.3 Å². The van der Waals surface area contributed by atoms with E-state index in [0.717, 1.165) is 12.1 Å². The first-order valence-electron chi connectivity index (χ1n) is 8.28. The van der Waals surface area contributed by atoms with Gasteiger partial charge in [-0.15, -0.1) is 0 Å². The Kier molecular flexibility index (Phi) is 4.15. The molecule has 23 heavy (non-hydrogen) atoms. The Balaban J connectivity index is 1.77. The predicted molar refractivity (Wildman–Crippen MR) is 88.4 cm³/mol. The number of fused-ring (bicyclic) bond motifs is 1. The molecule has 1 aromatic rings. The Morgan fingerprint density at radius 2 is 1.91 bits per heavy atom. The monoisotopic (exact) mass is 316 g/mol. The van der Waals surface area contributed by atoms with Crippen molar-refractivity contribution < 1.29 is 14.7 Å². The number of carbonyl (C=O) groups excluding carboxylic acids is 1. The molecule has 0 bridgehead atoms. The van der Waals surface area contributed by atoms with Crippen LogP contribution in [0, 0.1) is 11.8 Å². The van der Waals surface area contributed by atoms with Gasteiger partial charge < -0.3 is 10.0 Å². The third-order valence-electron chi connectivity index (χ3n) is 5.31. The summed E-state index contributed by atoms with van der Waals surface area (Å²) in [4.78, 5) is 28.2. The van der Waals surface area contributed by atoms with Crippen molar-refractivity contribution in [2.24, 2.45) is 11.8 Å². The maximum Gasteiger partial charge on any atom is 0.308 e. The smallest absolute Gasteiger partial charge is 0.308 e. The van der Waals surface area contributed by atoms with Gasteiger partial charge in [0.05, 0.1) is 12.0 Å².